The van der Waals surface area contributed by atoms with Gasteiger partial charge in [-0.15, -0.1) is 11.3 Å². The van der Waals surface area contributed by atoms with Crippen molar-refractivity contribution in [3.05, 3.63) is 50.4 Å². The van der Waals surface area contributed by atoms with Crippen molar-refractivity contribution < 1.29 is 0 Å². The Bertz CT molecular complexity index is 468. The number of hydrogen-bond donors (Lipinski definition) is 1. The van der Waals surface area contributed by atoms with Gasteiger partial charge in [-0.25, -0.2) is 4.98 Å². The van der Waals surface area contributed by atoms with Crippen molar-refractivity contribution in [3.63, 3.8) is 0 Å². The lowest BCUT2D eigenvalue weighted by Crippen LogP contribution is -2.00. The first-order valence-electron chi connectivity index (χ1n) is 5.16. The fraction of sp³-hybridized carbons (Fsp3) is 0.250. The monoisotopic (exact) mass is 296 g/mol. The maximum atomic E-state index is 5.51. The Morgan fingerprint density at radius 1 is 1.38 bits per heavy atom. The van der Waals surface area contributed by atoms with Crippen LogP contribution in [0.4, 0.5) is 0 Å². The van der Waals surface area contributed by atoms with Gasteiger partial charge in [-0.2, -0.15) is 0 Å². The van der Waals surface area contributed by atoms with Gasteiger partial charge in [0, 0.05) is 22.0 Å². The highest BCUT2D eigenvalue weighted by molar-refractivity contribution is 9.10. The van der Waals surface area contributed by atoms with Gasteiger partial charge in [0.2, 0.25) is 0 Å². The Kier molecular flexibility index (Phi) is 4.09. The van der Waals surface area contributed by atoms with Crippen LogP contribution in [-0.2, 0) is 12.8 Å². The molecule has 84 valence electrons. The molecule has 1 aromatic heterocycles. The zero-order valence-electron chi connectivity index (χ0n) is 8.82. The predicted octanol–water partition coefficient (Wildman–Crippen LogP) is 3.00. The SMILES string of the molecule is NCCc1cnc(Cc2cccc(Br)c2)s1. The summed E-state index contributed by atoms with van der Waals surface area (Å²) in [5.41, 5.74) is 6.80. The lowest BCUT2D eigenvalue weighted by Gasteiger charge is -1.98. The van der Waals surface area contributed by atoms with Gasteiger partial charge in [0.05, 0.1) is 5.01 Å². The fourth-order valence-corrected chi connectivity index (χ4v) is 2.93. The second-order valence-corrected chi connectivity index (χ2v) is 5.68. The predicted molar refractivity (Wildman–Crippen MR) is 71.8 cm³/mol. The molecule has 16 heavy (non-hydrogen) atoms. The van der Waals surface area contributed by atoms with E-state index in [-0.39, 0.29) is 0 Å². The molecule has 0 aliphatic heterocycles. The minimum Gasteiger partial charge on any atom is -0.330 e. The first-order valence-corrected chi connectivity index (χ1v) is 6.77. The van der Waals surface area contributed by atoms with Crippen molar-refractivity contribution >= 4 is 27.3 Å². The fourth-order valence-electron chi connectivity index (χ4n) is 1.51. The lowest BCUT2D eigenvalue weighted by molar-refractivity contribution is 0.983. The number of hydrogen-bond acceptors (Lipinski definition) is 3. The van der Waals surface area contributed by atoms with Crippen molar-refractivity contribution in [2.75, 3.05) is 6.54 Å². The first-order chi connectivity index (χ1) is 7.78. The summed E-state index contributed by atoms with van der Waals surface area (Å²) < 4.78 is 1.11. The number of nitrogens with two attached hydrogens (primary N) is 1. The highest BCUT2D eigenvalue weighted by Crippen LogP contribution is 2.19. The summed E-state index contributed by atoms with van der Waals surface area (Å²) in [7, 11) is 0. The van der Waals surface area contributed by atoms with Gasteiger partial charge in [-0.1, -0.05) is 28.1 Å². The van der Waals surface area contributed by atoms with Crippen LogP contribution in [0.2, 0.25) is 0 Å². The van der Waals surface area contributed by atoms with Gasteiger partial charge >= 0.3 is 0 Å². The van der Waals surface area contributed by atoms with E-state index in [1.54, 1.807) is 11.3 Å². The molecule has 2 aromatic rings. The van der Waals surface area contributed by atoms with Gasteiger partial charge in [0.15, 0.2) is 0 Å². The van der Waals surface area contributed by atoms with E-state index in [1.807, 2.05) is 18.3 Å². The molecule has 0 saturated heterocycles. The summed E-state index contributed by atoms with van der Waals surface area (Å²) in [4.78, 5) is 5.68. The molecule has 0 aliphatic rings. The molecule has 1 aromatic carbocycles. The third-order valence-corrected chi connectivity index (χ3v) is 3.79. The second-order valence-electron chi connectivity index (χ2n) is 3.57. The van der Waals surface area contributed by atoms with Crippen molar-refractivity contribution in [3.8, 4) is 0 Å². The topological polar surface area (TPSA) is 38.9 Å². The van der Waals surface area contributed by atoms with Gasteiger partial charge in [0.25, 0.3) is 0 Å². The standard InChI is InChI=1S/C12H13BrN2S/c13-10-3-1-2-9(6-10)7-12-15-8-11(16-12)4-5-14/h1-3,6,8H,4-5,7,14H2. The maximum Gasteiger partial charge on any atom is 0.0971 e. The van der Waals surface area contributed by atoms with E-state index in [0.29, 0.717) is 6.54 Å². The van der Waals surface area contributed by atoms with Gasteiger partial charge in [-0.3, -0.25) is 0 Å². The normalized spacial score (nSPS) is 10.6. The number of halogens is 1. The van der Waals surface area contributed by atoms with E-state index < -0.39 is 0 Å². The van der Waals surface area contributed by atoms with Crippen molar-refractivity contribution in [1.29, 1.82) is 0 Å². The molecule has 0 bridgehead atoms. The van der Waals surface area contributed by atoms with Crippen LogP contribution in [0.25, 0.3) is 0 Å². The smallest absolute Gasteiger partial charge is 0.0971 e. The molecule has 0 saturated carbocycles. The maximum absolute atomic E-state index is 5.51. The number of rotatable bonds is 4. The van der Waals surface area contributed by atoms with Crippen LogP contribution in [0.3, 0.4) is 0 Å². The molecule has 0 spiro atoms. The minimum absolute atomic E-state index is 0.693. The van der Waals surface area contributed by atoms with E-state index >= 15 is 0 Å². The second kappa shape index (κ2) is 5.57. The summed E-state index contributed by atoms with van der Waals surface area (Å²) in [5.74, 6) is 0. The molecule has 1 heterocycles. The van der Waals surface area contributed by atoms with E-state index in [0.717, 1.165) is 22.3 Å². The Hall–Kier alpha value is -0.710. The molecule has 0 atom stereocenters. The Balaban J connectivity index is 2.08. The average Bonchev–Trinajstić information content (AvgIpc) is 2.66. The van der Waals surface area contributed by atoms with E-state index in [4.69, 9.17) is 5.73 Å². The lowest BCUT2D eigenvalue weighted by atomic mass is 10.2. The molecular weight excluding hydrogens is 284 g/mol. The Morgan fingerprint density at radius 3 is 3.00 bits per heavy atom. The number of nitrogens with zero attached hydrogens (tertiary/aromatic N) is 1. The highest BCUT2D eigenvalue weighted by Gasteiger charge is 2.03. The largest absolute Gasteiger partial charge is 0.330 e. The van der Waals surface area contributed by atoms with E-state index in [1.165, 1.54) is 10.4 Å². The van der Waals surface area contributed by atoms with Crippen molar-refractivity contribution in [1.82, 2.24) is 4.98 Å². The van der Waals surface area contributed by atoms with Crippen molar-refractivity contribution in [2.45, 2.75) is 12.8 Å². The third-order valence-electron chi connectivity index (χ3n) is 2.24. The van der Waals surface area contributed by atoms with Gasteiger partial charge in [-0.05, 0) is 30.7 Å². The van der Waals surface area contributed by atoms with Gasteiger partial charge < -0.3 is 5.73 Å². The zero-order chi connectivity index (χ0) is 11.4. The molecule has 0 radical (unpaired) electrons. The quantitative estimate of drug-likeness (QED) is 0.942. The molecule has 2 N–H and O–H groups in total. The van der Waals surface area contributed by atoms with Gasteiger partial charge in [0.1, 0.15) is 0 Å². The number of benzene rings is 1. The third kappa shape index (κ3) is 3.14. The Labute approximate surface area is 108 Å². The molecule has 0 unspecified atom stereocenters. The molecule has 2 rings (SSSR count). The van der Waals surface area contributed by atoms with Crippen LogP contribution < -0.4 is 5.73 Å². The summed E-state index contributed by atoms with van der Waals surface area (Å²) in [6.07, 6.45) is 3.76. The summed E-state index contributed by atoms with van der Waals surface area (Å²) in [5, 5.41) is 1.15. The highest BCUT2D eigenvalue weighted by atomic mass is 79.9. The van der Waals surface area contributed by atoms with Crippen molar-refractivity contribution in [2.24, 2.45) is 5.73 Å². The van der Waals surface area contributed by atoms with Crippen LogP contribution in [0.5, 0.6) is 0 Å². The number of thiazole rings is 1. The summed E-state index contributed by atoms with van der Waals surface area (Å²) in [6, 6.07) is 8.33. The minimum atomic E-state index is 0.693. The molecule has 0 amide bonds. The molecule has 2 nitrogen and oxygen atoms in total. The zero-order valence-corrected chi connectivity index (χ0v) is 11.2. The van der Waals surface area contributed by atoms with E-state index in [9.17, 15) is 0 Å². The summed E-state index contributed by atoms with van der Waals surface area (Å²) in [6.45, 7) is 0.693. The molecule has 0 aliphatic carbocycles. The van der Waals surface area contributed by atoms with Crippen LogP contribution in [-0.4, -0.2) is 11.5 Å². The molecular formula is C12H13BrN2S. The van der Waals surface area contributed by atoms with Crippen LogP contribution in [0.1, 0.15) is 15.4 Å². The molecule has 4 heteroatoms. The first kappa shape index (κ1) is 11.8. The Morgan fingerprint density at radius 2 is 2.25 bits per heavy atom. The van der Waals surface area contributed by atoms with Crippen LogP contribution in [0.15, 0.2) is 34.9 Å². The van der Waals surface area contributed by atoms with Crippen LogP contribution in [0, 0.1) is 0 Å². The van der Waals surface area contributed by atoms with E-state index in [2.05, 4.69) is 33.0 Å². The summed E-state index contributed by atoms with van der Waals surface area (Å²) >= 11 is 5.22. The molecule has 0 fully saturated rings. The van der Waals surface area contributed by atoms with Crippen LogP contribution >= 0.6 is 27.3 Å². The average molecular weight is 297 g/mol. The number of aromatic nitrogens is 1.